The van der Waals surface area contributed by atoms with Gasteiger partial charge in [0.1, 0.15) is 6.61 Å². The second kappa shape index (κ2) is 4.66. The lowest BCUT2D eigenvalue weighted by atomic mass is 10.0. The largest absolute Gasteiger partial charge is 0.375 e. The maximum atomic E-state index is 11.5. The van der Waals surface area contributed by atoms with E-state index in [0.717, 1.165) is 6.42 Å². The quantitative estimate of drug-likeness (QED) is 0.840. The maximum Gasteiger partial charge on any atom is 0.246 e. The normalized spacial score (nSPS) is 22.9. The van der Waals surface area contributed by atoms with Gasteiger partial charge in [-0.25, -0.2) is 0 Å². The fourth-order valence-electron chi connectivity index (χ4n) is 2.36. The number of hydrogen-bond donors (Lipinski definition) is 1. The Labute approximate surface area is 95.8 Å². The van der Waals surface area contributed by atoms with Crippen molar-refractivity contribution < 1.29 is 9.53 Å². The van der Waals surface area contributed by atoms with E-state index in [-0.39, 0.29) is 18.6 Å². The number of benzene rings is 1. The van der Waals surface area contributed by atoms with Gasteiger partial charge in [-0.1, -0.05) is 31.2 Å². The summed E-state index contributed by atoms with van der Waals surface area (Å²) in [4.78, 5) is 11.5. The molecule has 0 aromatic heterocycles. The van der Waals surface area contributed by atoms with Crippen molar-refractivity contribution in [2.75, 3.05) is 13.7 Å². The van der Waals surface area contributed by atoms with Crippen LogP contribution in [0.15, 0.2) is 24.3 Å². The van der Waals surface area contributed by atoms with Crippen molar-refractivity contribution in [1.29, 1.82) is 0 Å². The lowest BCUT2D eigenvalue weighted by Crippen LogP contribution is -2.33. The summed E-state index contributed by atoms with van der Waals surface area (Å²) in [6.45, 7) is 2.29. The highest BCUT2D eigenvalue weighted by atomic mass is 16.5. The summed E-state index contributed by atoms with van der Waals surface area (Å²) in [5.74, 6) is 0.411. The van der Waals surface area contributed by atoms with Crippen LogP contribution < -0.4 is 5.32 Å². The SMILES string of the molecule is COCC(=O)NC1c2ccccc2CC1C. The van der Waals surface area contributed by atoms with Gasteiger partial charge in [0, 0.05) is 7.11 Å². The summed E-state index contributed by atoms with van der Waals surface area (Å²) in [5, 5.41) is 3.02. The zero-order valence-electron chi connectivity index (χ0n) is 9.69. The molecule has 1 aromatic carbocycles. The van der Waals surface area contributed by atoms with Gasteiger partial charge in [-0.15, -0.1) is 0 Å². The summed E-state index contributed by atoms with van der Waals surface area (Å²) < 4.78 is 4.83. The van der Waals surface area contributed by atoms with Crippen LogP contribution in [-0.2, 0) is 16.0 Å². The standard InChI is InChI=1S/C13H17NO2/c1-9-7-10-5-3-4-6-11(10)13(9)14-12(15)8-16-2/h3-6,9,13H,7-8H2,1-2H3,(H,14,15). The molecule has 1 aliphatic carbocycles. The minimum atomic E-state index is -0.0453. The van der Waals surface area contributed by atoms with Crippen molar-refractivity contribution in [1.82, 2.24) is 5.32 Å². The zero-order valence-corrected chi connectivity index (χ0v) is 9.69. The first kappa shape index (κ1) is 11.1. The average molecular weight is 219 g/mol. The van der Waals surface area contributed by atoms with Crippen LogP contribution >= 0.6 is 0 Å². The molecule has 3 heteroatoms. The fraction of sp³-hybridized carbons (Fsp3) is 0.462. The van der Waals surface area contributed by atoms with Gasteiger partial charge in [-0.05, 0) is 23.5 Å². The number of rotatable bonds is 3. The monoisotopic (exact) mass is 219 g/mol. The third kappa shape index (κ3) is 2.09. The first-order valence-electron chi connectivity index (χ1n) is 5.58. The molecule has 0 heterocycles. The summed E-state index contributed by atoms with van der Waals surface area (Å²) in [5.41, 5.74) is 2.59. The van der Waals surface area contributed by atoms with Crippen LogP contribution in [0.4, 0.5) is 0 Å². The molecule has 3 nitrogen and oxygen atoms in total. The summed E-state index contributed by atoms with van der Waals surface area (Å²) in [6.07, 6.45) is 1.04. The first-order chi connectivity index (χ1) is 7.72. The predicted octanol–water partition coefficient (Wildman–Crippen LogP) is 1.68. The molecule has 2 unspecified atom stereocenters. The van der Waals surface area contributed by atoms with Gasteiger partial charge in [0.25, 0.3) is 0 Å². The van der Waals surface area contributed by atoms with Crippen LogP contribution in [0.3, 0.4) is 0 Å². The molecule has 0 saturated carbocycles. The molecule has 0 radical (unpaired) electrons. The van der Waals surface area contributed by atoms with Crippen molar-refractivity contribution in [3.8, 4) is 0 Å². The Hall–Kier alpha value is -1.35. The molecule has 0 saturated heterocycles. The molecular weight excluding hydrogens is 202 g/mol. The first-order valence-corrected chi connectivity index (χ1v) is 5.58. The Morgan fingerprint density at radius 2 is 2.25 bits per heavy atom. The second-order valence-corrected chi connectivity index (χ2v) is 4.36. The molecular formula is C13H17NO2. The number of hydrogen-bond acceptors (Lipinski definition) is 2. The van der Waals surface area contributed by atoms with Crippen LogP contribution in [-0.4, -0.2) is 19.6 Å². The molecule has 0 fully saturated rings. The zero-order chi connectivity index (χ0) is 11.5. The lowest BCUT2D eigenvalue weighted by Gasteiger charge is -2.18. The average Bonchev–Trinajstić information content (AvgIpc) is 2.56. The highest BCUT2D eigenvalue weighted by Crippen LogP contribution is 2.35. The van der Waals surface area contributed by atoms with Crippen LogP contribution in [0, 0.1) is 5.92 Å². The molecule has 1 N–H and O–H groups in total. The molecule has 86 valence electrons. The minimum Gasteiger partial charge on any atom is -0.375 e. The fourth-order valence-corrected chi connectivity index (χ4v) is 2.36. The van der Waals surface area contributed by atoms with Crippen molar-refractivity contribution >= 4 is 5.91 Å². The topological polar surface area (TPSA) is 38.3 Å². The van der Waals surface area contributed by atoms with Gasteiger partial charge < -0.3 is 10.1 Å². The van der Waals surface area contributed by atoms with Crippen LogP contribution in [0.1, 0.15) is 24.1 Å². The predicted molar refractivity (Wildman–Crippen MR) is 62.1 cm³/mol. The Kier molecular flexibility index (Phi) is 3.25. The van der Waals surface area contributed by atoms with E-state index in [4.69, 9.17) is 4.74 Å². The molecule has 2 rings (SSSR count). The summed E-state index contributed by atoms with van der Waals surface area (Å²) >= 11 is 0. The highest BCUT2D eigenvalue weighted by molar-refractivity contribution is 5.77. The Balaban J connectivity index is 2.13. The van der Waals surface area contributed by atoms with Gasteiger partial charge in [0.2, 0.25) is 5.91 Å². The van der Waals surface area contributed by atoms with Gasteiger partial charge in [0.05, 0.1) is 6.04 Å². The number of carbonyl (C=O) groups excluding carboxylic acids is 1. The van der Waals surface area contributed by atoms with E-state index in [2.05, 4.69) is 24.4 Å². The Morgan fingerprint density at radius 1 is 1.50 bits per heavy atom. The molecule has 16 heavy (non-hydrogen) atoms. The molecule has 1 aromatic rings. The van der Waals surface area contributed by atoms with Gasteiger partial charge in [0.15, 0.2) is 0 Å². The number of fused-ring (bicyclic) bond motifs is 1. The molecule has 0 aliphatic heterocycles. The number of nitrogens with one attached hydrogen (secondary N) is 1. The maximum absolute atomic E-state index is 11.5. The smallest absolute Gasteiger partial charge is 0.246 e. The van der Waals surface area contributed by atoms with E-state index in [1.165, 1.54) is 18.2 Å². The molecule has 0 spiro atoms. The van der Waals surface area contributed by atoms with Crippen LogP contribution in [0.5, 0.6) is 0 Å². The van der Waals surface area contributed by atoms with Gasteiger partial charge in [-0.2, -0.15) is 0 Å². The minimum absolute atomic E-state index is 0.0453. The lowest BCUT2D eigenvalue weighted by molar-refractivity contribution is -0.125. The second-order valence-electron chi connectivity index (χ2n) is 4.36. The van der Waals surface area contributed by atoms with Crippen molar-refractivity contribution in [3.05, 3.63) is 35.4 Å². The number of amides is 1. The van der Waals surface area contributed by atoms with Gasteiger partial charge in [-0.3, -0.25) is 4.79 Å². The Bertz CT molecular complexity index is 389. The molecule has 0 bridgehead atoms. The van der Waals surface area contributed by atoms with E-state index < -0.39 is 0 Å². The summed E-state index contributed by atoms with van der Waals surface area (Å²) in [7, 11) is 1.53. The van der Waals surface area contributed by atoms with Crippen molar-refractivity contribution in [2.24, 2.45) is 5.92 Å². The Morgan fingerprint density at radius 3 is 3.00 bits per heavy atom. The summed E-state index contributed by atoms with van der Waals surface area (Å²) in [6, 6.07) is 8.43. The third-order valence-electron chi connectivity index (χ3n) is 3.09. The van der Waals surface area contributed by atoms with Crippen molar-refractivity contribution in [3.63, 3.8) is 0 Å². The van der Waals surface area contributed by atoms with E-state index in [1.54, 1.807) is 0 Å². The third-order valence-corrected chi connectivity index (χ3v) is 3.09. The van der Waals surface area contributed by atoms with Gasteiger partial charge >= 0.3 is 0 Å². The molecule has 1 aliphatic rings. The van der Waals surface area contributed by atoms with Crippen molar-refractivity contribution in [2.45, 2.75) is 19.4 Å². The van der Waals surface area contributed by atoms with E-state index in [0.29, 0.717) is 5.92 Å². The number of methoxy groups -OCH3 is 1. The van der Waals surface area contributed by atoms with E-state index >= 15 is 0 Å². The van der Waals surface area contributed by atoms with E-state index in [9.17, 15) is 4.79 Å². The van der Waals surface area contributed by atoms with Crippen LogP contribution in [0.2, 0.25) is 0 Å². The number of ether oxygens (including phenoxy) is 1. The highest BCUT2D eigenvalue weighted by Gasteiger charge is 2.29. The molecule has 2 atom stereocenters. The van der Waals surface area contributed by atoms with E-state index in [1.807, 2.05) is 12.1 Å². The molecule has 1 amide bonds. The number of carbonyl (C=O) groups is 1. The van der Waals surface area contributed by atoms with Crippen LogP contribution in [0.25, 0.3) is 0 Å².